The zero-order chi connectivity index (χ0) is 6.85. The zero-order valence-electron chi connectivity index (χ0n) is 5.48. The highest BCUT2D eigenvalue weighted by Gasteiger charge is 1.98. The Morgan fingerprint density at radius 1 is 1.78 bits per heavy atom. The number of aryl methyl sites for hydroxylation is 1. The molecule has 0 saturated heterocycles. The molecule has 0 bridgehead atoms. The minimum Gasteiger partial charge on any atom is -0.390 e. The molecule has 1 heterocycles. The van der Waals surface area contributed by atoms with E-state index in [1.165, 1.54) is 10.4 Å². The fraction of sp³-hybridized carbons (Fsp3) is 0.286. The summed E-state index contributed by atoms with van der Waals surface area (Å²) in [6.45, 7) is 5.81. The summed E-state index contributed by atoms with van der Waals surface area (Å²) in [6.07, 6.45) is 0.802. The average molecular weight is 140 g/mol. The second-order valence-electron chi connectivity index (χ2n) is 2.00. The Balaban J connectivity index is 3.01. The number of hydrogen-bond acceptors (Lipinski definition) is 2. The molecule has 1 radical (unpaired) electrons. The van der Waals surface area contributed by atoms with Gasteiger partial charge in [0, 0.05) is 4.88 Å². The second-order valence-corrected chi connectivity index (χ2v) is 3.28. The molecule has 1 rings (SSSR count). The first-order valence-electron chi connectivity index (χ1n) is 2.88. The Morgan fingerprint density at radius 3 is 2.67 bits per heavy atom. The molecule has 0 aliphatic rings. The van der Waals surface area contributed by atoms with E-state index in [0.717, 1.165) is 11.4 Å². The quantitative estimate of drug-likeness (QED) is 0.634. The van der Waals surface area contributed by atoms with Gasteiger partial charge < -0.3 is 5.73 Å². The maximum atomic E-state index is 5.63. The van der Waals surface area contributed by atoms with Crippen LogP contribution in [0.15, 0.2) is 6.07 Å². The van der Waals surface area contributed by atoms with Crippen LogP contribution in [-0.2, 0) is 6.42 Å². The molecule has 0 atom stereocenters. The fourth-order valence-electron chi connectivity index (χ4n) is 0.780. The van der Waals surface area contributed by atoms with Crippen molar-refractivity contribution < 1.29 is 0 Å². The fourth-order valence-corrected chi connectivity index (χ4v) is 1.62. The Morgan fingerprint density at radius 2 is 2.44 bits per heavy atom. The molecule has 1 aromatic rings. The molecule has 0 amide bonds. The molecule has 0 fully saturated rings. The smallest absolute Gasteiger partial charge is 0.0891 e. The molecule has 0 aliphatic heterocycles. The minimum atomic E-state index is 0.802. The largest absolute Gasteiger partial charge is 0.390 e. The van der Waals surface area contributed by atoms with Gasteiger partial charge in [0.05, 0.1) is 5.00 Å². The van der Waals surface area contributed by atoms with E-state index in [1.54, 1.807) is 11.3 Å². The summed E-state index contributed by atoms with van der Waals surface area (Å²) >= 11 is 1.63. The van der Waals surface area contributed by atoms with E-state index >= 15 is 0 Å². The van der Waals surface area contributed by atoms with Gasteiger partial charge in [0.15, 0.2) is 0 Å². The summed E-state index contributed by atoms with van der Waals surface area (Å²) in [5, 5.41) is 0.919. The summed E-state index contributed by atoms with van der Waals surface area (Å²) in [7, 11) is 0. The molecule has 0 spiro atoms. The molecule has 0 aliphatic carbocycles. The highest BCUT2D eigenvalue weighted by Crippen LogP contribution is 2.23. The van der Waals surface area contributed by atoms with E-state index in [0.29, 0.717) is 0 Å². The van der Waals surface area contributed by atoms with Gasteiger partial charge in [-0.25, -0.2) is 0 Å². The lowest BCUT2D eigenvalue weighted by atomic mass is 10.2. The van der Waals surface area contributed by atoms with Crippen molar-refractivity contribution in [3.63, 3.8) is 0 Å². The Kier molecular flexibility index (Phi) is 1.76. The number of rotatable bonds is 1. The van der Waals surface area contributed by atoms with E-state index in [4.69, 9.17) is 5.73 Å². The Labute approximate surface area is 59.5 Å². The van der Waals surface area contributed by atoms with Crippen LogP contribution in [0.4, 0.5) is 5.00 Å². The molecule has 9 heavy (non-hydrogen) atoms. The van der Waals surface area contributed by atoms with E-state index in [2.05, 4.69) is 19.9 Å². The van der Waals surface area contributed by atoms with Gasteiger partial charge >= 0.3 is 0 Å². The third-order valence-electron chi connectivity index (χ3n) is 1.23. The molecule has 0 saturated carbocycles. The van der Waals surface area contributed by atoms with Gasteiger partial charge in [0.25, 0.3) is 0 Å². The van der Waals surface area contributed by atoms with Gasteiger partial charge in [0.1, 0.15) is 0 Å². The van der Waals surface area contributed by atoms with Gasteiger partial charge in [0.2, 0.25) is 0 Å². The van der Waals surface area contributed by atoms with Crippen LogP contribution >= 0.6 is 11.3 Å². The van der Waals surface area contributed by atoms with Crippen molar-refractivity contribution in [1.29, 1.82) is 0 Å². The van der Waals surface area contributed by atoms with Crippen molar-refractivity contribution in [1.82, 2.24) is 0 Å². The molecule has 49 valence electrons. The summed E-state index contributed by atoms with van der Waals surface area (Å²) in [5.41, 5.74) is 6.81. The Bertz CT molecular complexity index is 203. The maximum absolute atomic E-state index is 5.63. The summed E-state index contributed by atoms with van der Waals surface area (Å²) in [6, 6.07) is 2.09. The highest BCUT2D eigenvalue weighted by atomic mass is 32.1. The topological polar surface area (TPSA) is 26.0 Å². The predicted molar refractivity (Wildman–Crippen MR) is 42.5 cm³/mol. The van der Waals surface area contributed by atoms with Crippen molar-refractivity contribution in [2.75, 3.05) is 5.73 Å². The normalized spacial score (nSPS) is 10.0. The van der Waals surface area contributed by atoms with Gasteiger partial charge in [-0.3, -0.25) is 0 Å². The van der Waals surface area contributed by atoms with Crippen LogP contribution in [0.5, 0.6) is 0 Å². The molecule has 0 aromatic carbocycles. The first kappa shape index (κ1) is 6.62. The predicted octanol–water partition coefficient (Wildman–Crippen LogP) is 2.02. The van der Waals surface area contributed by atoms with Gasteiger partial charge in [-0.15, -0.1) is 11.3 Å². The van der Waals surface area contributed by atoms with Crippen LogP contribution in [-0.4, -0.2) is 0 Å². The SMILES string of the molecule is [CH2]Cc1cc(C)sc1N. The van der Waals surface area contributed by atoms with Gasteiger partial charge in [-0.1, -0.05) is 0 Å². The minimum absolute atomic E-state index is 0.802. The summed E-state index contributed by atoms with van der Waals surface area (Å²) in [4.78, 5) is 1.27. The van der Waals surface area contributed by atoms with E-state index in [9.17, 15) is 0 Å². The number of hydrogen-bond donors (Lipinski definition) is 1. The van der Waals surface area contributed by atoms with Crippen LogP contribution in [0.3, 0.4) is 0 Å². The molecule has 0 unspecified atom stereocenters. The lowest BCUT2D eigenvalue weighted by Crippen LogP contribution is -1.84. The highest BCUT2D eigenvalue weighted by molar-refractivity contribution is 7.16. The third-order valence-corrected chi connectivity index (χ3v) is 2.16. The lowest BCUT2D eigenvalue weighted by Gasteiger charge is -1.88. The third kappa shape index (κ3) is 1.24. The van der Waals surface area contributed by atoms with Crippen LogP contribution in [0.25, 0.3) is 0 Å². The van der Waals surface area contributed by atoms with E-state index < -0.39 is 0 Å². The van der Waals surface area contributed by atoms with Crippen molar-refractivity contribution in [2.24, 2.45) is 0 Å². The van der Waals surface area contributed by atoms with Crippen LogP contribution in [0, 0.1) is 13.8 Å². The zero-order valence-corrected chi connectivity index (χ0v) is 6.29. The average Bonchev–Trinajstić information content (AvgIpc) is 2.10. The van der Waals surface area contributed by atoms with Gasteiger partial charge in [-0.05, 0) is 31.9 Å². The second kappa shape index (κ2) is 2.40. The van der Waals surface area contributed by atoms with Crippen LogP contribution in [0.1, 0.15) is 10.4 Å². The lowest BCUT2D eigenvalue weighted by molar-refractivity contribution is 1.30. The van der Waals surface area contributed by atoms with Crippen molar-refractivity contribution in [2.45, 2.75) is 13.3 Å². The number of nitrogens with two attached hydrogens (primary N) is 1. The number of nitrogen functional groups attached to an aromatic ring is 1. The summed E-state index contributed by atoms with van der Waals surface area (Å²) < 4.78 is 0. The Hall–Kier alpha value is -0.500. The van der Waals surface area contributed by atoms with E-state index in [-0.39, 0.29) is 0 Å². The van der Waals surface area contributed by atoms with Crippen molar-refractivity contribution >= 4 is 16.3 Å². The van der Waals surface area contributed by atoms with Crippen LogP contribution < -0.4 is 5.73 Å². The standard InChI is InChI=1S/C7H10NS/c1-3-6-4-5(2)9-7(6)8/h4H,1,3,8H2,2H3. The monoisotopic (exact) mass is 140 g/mol. The first-order chi connectivity index (χ1) is 4.24. The number of anilines is 1. The molecule has 2 heteroatoms. The van der Waals surface area contributed by atoms with Crippen molar-refractivity contribution in [3.05, 3.63) is 23.4 Å². The van der Waals surface area contributed by atoms with Crippen LogP contribution in [0.2, 0.25) is 0 Å². The van der Waals surface area contributed by atoms with Gasteiger partial charge in [-0.2, -0.15) is 0 Å². The molecular weight excluding hydrogens is 130 g/mol. The molecule has 1 aromatic heterocycles. The van der Waals surface area contributed by atoms with Crippen molar-refractivity contribution in [3.8, 4) is 0 Å². The molecule has 1 nitrogen and oxygen atoms in total. The number of thiophene rings is 1. The maximum Gasteiger partial charge on any atom is 0.0891 e. The first-order valence-corrected chi connectivity index (χ1v) is 3.69. The van der Waals surface area contributed by atoms with E-state index in [1.807, 2.05) is 0 Å². The molecule has 2 N–H and O–H groups in total. The summed E-state index contributed by atoms with van der Waals surface area (Å²) in [5.74, 6) is 0. The molecular formula is C7H10NS.